The summed E-state index contributed by atoms with van der Waals surface area (Å²) in [5, 5.41) is 63.4. The third kappa shape index (κ3) is 4.60. The van der Waals surface area contributed by atoms with Gasteiger partial charge in [0.05, 0.1) is 25.9 Å². The van der Waals surface area contributed by atoms with Crippen molar-refractivity contribution in [3.05, 3.63) is 0 Å². The predicted molar refractivity (Wildman–Crippen MR) is 134 cm³/mol. The van der Waals surface area contributed by atoms with Crippen molar-refractivity contribution in [2.24, 2.45) is 34.0 Å². The van der Waals surface area contributed by atoms with E-state index in [1.807, 2.05) is 0 Å². The van der Waals surface area contributed by atoms with Crippen molar-refractivity contribution in [2.75, 3.05) is 19.8 Å². The van der Waals surface area contributed by atoms with Gasteiger partial charge in [-0.2, -0.15) is 8.42 Å². The van der Waals surface area contributed by atoms with Crippen LogP contribution in [0.4, 0.5) is 0 Å². The Morgan fingerprint density at radius 2 is 1.69 bits per heavy atom. The van der Waals surface area contributed by atoms with Crippen molar-refractivity contribution in [3.63, 3.8) is 0 Å². The van der Waals surface area contributed by atoms with Crippen molar-refractivity contribution in [3.8, 4) is 0 Å². The van der Waals surface area contributed by atoms with E-state index in [9.17, 15) is 39.1 Å². The van der Waals surface area contributed by atoms with E-state index in [4.69, 9.17) is 14.0 Å². The average molecular weight is 581 g/mol. The highest BCUT2D eigenvalue weighted by Gasteiger charge is 2.71. The molecule has 12 nitrogen and oxygen atoms in total. The standard InChI is InChI=1S/C26H44O12S/c1-23(13-36-21-19(30)18(29)20(15(11-27)37-21)38-39(33,34)35)7-3-8-24(2)16(23)6-9-25-10-14(4-5-17(24)25)26(32,12-28)22(25)31/h14-22,27-32H,3-13H2,1-2H3,(H,33,34,35)/t14-,15+,16-,17+,18+,19+,20+,21+,22-,23+,24-,25-,26+/m1/s1. The average Bonchev–Trinajstić information content (AvgIpc) is 3.03. The van der Waals surface area contributed by atoms with Gasteiger partial charge < -0.3 is 40.1 Å². The molecule has 7 N–H and O–H groups in total. The summed E-state index contributed by atoms with van der Waals surface area (Å²) in [4.78, 5) is 0. The molecule has 0 aromatic heterocycles. The Kier molecular flexibility index (Phi) is 7.76. The van der Waals surface area contributed by atoms with Gasteiger partial charge in [-0.15, -0.1) is 0 Å². The zero-order chi connectivity index (χ0) is 28.6. The summed E-state index contributed by atoms with van der Waals surface area (Å²) in [5.41, 5.74) is -2.38. The highest BCUT2D eigenvalue weighted by Crippen LogP contribution is 2.72. The number of rotatable bonds is 7. The van der Waals surface area contributed by atoms with Crippen molar-refractivity contribution in [2.45, 2.75) is 108 Å². The van der Waals surface area contributed by atoms with E-state index >= 15 is 0 Å². The molecule has 0 unspecified atom stereocenters. The van der Waals surface area contributed by atoms with Gasteiger partial charge in [-0.25, -0.2) is 4.18 Å². The minimum Gasteiger partial charge on any atom is -0.394 e. The van der Waals surface area contributed by atoms with Gasteiger partial charge in [-0.05, 0) is 73.5 Å². The SMILES string of the molecule is C[C@@]1(CO[C@H]2O[C@@H](CO)[C@H](OS(=O)(=O)O)[C@@H](O)[C@@H]2O)CCC[C@]2(C)[C@@H]1CC[C@@]13C[C@@H](CC[C@@H]21)[C@@](O)(CO)[C@@H]3O. The van der Waals surface area contributed by atoms with Crippen molar-refractivity contribution in [1.82, 2.24) is 0 Å². The van der Waals surface area contributed by atoms with Gasteiger partial charge in [0.15, 0.2) is 6.29 Å². The first kappa shape index (κ1) is 30.0. The maximum absolute atomic E-state index is 11.4. The van der Waals surface area contributed by atoms with Crippen LogP contribution in [-0.2, 0) is 24.1 Å². The molecule has 4 aliphatic carbocycles. The molecule has 13 atom stereocenters. The van der Waals surface area contributed by atoms with E-state index in [-0.39, 0.29) is 35.2 Å². The minimum atomic E-state index is -4.98. The third-order valence-corrected chi connectivity index (χ3v) is 12.0. The highest BCUT2D eigenvalue weighted by molar-refractivity contribution is 7.80. The molecular formula is C26H44O12S. The molecule has 5 fully saturated rings. The van der Waals surface area contributed by atoms with E-state index in [2.05, 4.69) is 18.0 Å². The fourth-order valence-corrected chi connectivity index (χ4v) is 10.4. The first-order chi connectivity index (χ1) is 18.1. The van der Waals surface area contributed by atoms with E-state index in [0.717, 1.165) is 44.9 Å². The number of ether oxygens (including phenoxy) is 2. The van der Waals surface area contributed by atoms with Gasteiger partial charge in [-0.1, -0.05) is 20.3 Å². The maximum Gasteiger partial charge on any atom is 0.397 e. The summed E-state index contributed by atoms with van der Waals surface area (Å²) in [6.45, 7) is 3.40. The summed E-state index contributed by atoms with van der Waals surface area (Å²) >= 11 is 0. The summed E-state index contributed by atoms with van der Waals surface area (Å²) in [6, 6.07) is 0. The zero-order valence-electron chi connectivity index (χ0n) is 22.6. The summed E-state index contributed by atoms with van der Waals surface area (Å²) in [7, 11) is -4.98. The van der Waals surface area contributed by atoms with Crippen LogP contribution in [0.15, 0.2) is 0 Å². The molecule has 5 rings (SSSR count). The lowest BCUT2D eigenvalue weighted by molar-refractivity contribution is -0.307. The van der Waals surface area contributed by atoms with Gasteiger partial charge in [0.1, 0.15) is 30.0 Å². The zero-order valence-corrected chi connectivity index (χ0v) is 23.4. The van der Waals surface area contributed by atoms with E-state index in [0.29, 0.717) is 6.42 Å². The molecule has 0 radical (unpaired) electrons. The Morgan fingerprint density at radius 1 is 0.974 bits per heavy atom. The van der Waals surface area contributed by atoms with Crippen LogP contribution in [0.1, 0.15) is 65.2 Å². The second-order valence-corrected chi connectivity index (χ2v) is 14.5. The number of hydrogen-bond acceptors (Lipinski definition) is 11. The van der Waals surface area contributed by atoms with Crippen LogP contribution >= 0.6 is 0 Å². The monoisotopic (exact) mass is 580 g/mol. The summed E-state index contributed by atoms with van der Waals surface area (Å²) in [5.74, 6) is 0.262. The molecule has 0 amide bonds. The largest absolute Gasteiger partial charge is 0.397 e. The van der Waals surface area contributed by atoms with E-state index in [1.165, 1.54) is 0 Å². The number of hydrogen-bond donors (Lipinski definition) is 7. The highest BCUT2D eigenvalue weighted by atomic mass is 32.3. The first-order valence-electron chi connectivity index (χ1n) is 14.1. The van der Waals surface area contributed by atoms with Gasteiger partial charge in [0.2, 0.25) is 0 Å². The maximum atomic E-state index is 11.4. The number of fused-ring (bicyclic) bond motifs is 3. The van der Waals surface area contributed by atoms with E-state index < -0.39 is 71.4 Å². The lowest BCUT2D eigenvalue weighted by Crippen LogP contribution is -2.62. The Balaban J connectivity index is 1.33. The lowest BCUT2D eigenvalue weighted by Gasteiger charge is -2.64. The molecule has 13 heteroatoms. The fourth-order valence-electron chi connectivity index (χ4n) is 9.84. The smallest absolute Gasteiger partial charge is 0.394 e. The fraction of sp³-hybridized carbons (Fsp3) is 1.00. The third-order valence-electron chi connectivity index (χ3n) is 11.5. The Labute approximate surface area is 229 Å². The quantitative estimate of drug-likeness (QED) is 0.195. The van der Waals surface area contributed by atoms with Crippen molar-refractivity contribution >= 4 is 10.4 Å². The second kappa shape index (κ2) is 10.1. The van der Waals surface area contributed by atoms with Crippen LogP contribution in [0.25, 0.3) is 0 Å². The van der Waals surface area contributed by atoms with Crippen LogP contribution < -0.4 is 0 Å². The summed E-state index contributed by atoms with van der Waals surface area (Å²) in [6.07, 6.45) is -2.28. The molecule has 226 valence electrons. The lowest BCUT2D eigenvalue weighted by atomic mass is 9.40. The molecule has 1 saturated heterocycles. The Bertz CT molecular complexity index is 1020. The molecule has 0 aromatic carbocycles. The Hall–Kier alpha value is -0.450. The molecule has 0 aromatic rings. The van der Waals surface area contributed by atoms with Gasteiger partial charge in [-0.3, -0.25) is 4.55 Å². The number of aliphatic hydroxyl groups is 6. The van der Waals surface area contributed by atoms with Crippen molar-refractivity contribution in [1.29, 1.82) is 0 Å². The minimum absolute atomic E-state index is 0.114. The molecular weight excluding hydrogens is 536 g/mol. The van der Waals surface area contributed by atoms with Gasteiger partial charge >= 0.3 is 10.4 Å². The van der Waals surface area contributed by atoms with E-state index in [1.54, 1.807) is 0 Å². The topological polar surface area (TPSA) is 203 Å². The van der Waals surface area contributed by atoms with Crippen LogP contribution in [0.2, 0.25) is 0 Å². The first-order valence-corrected chi connectivity index (χ1v) is 15.4. The summed E-state index contributed by atoms with van der Waals surface area (Å²) < 4.78 is 47.5. The molecule has 4 saturated carbocycles. The van der Waals surface area contributed by atoms with Gasteiger partial charge in [0.25, 0.3) is 0 Å². The Morgan fingerprint density at radius 3 is 2.33 bits per heavy atom. The molecule has 5 aliphatic rings. The number of aliphatic hydroxyl groups excluding tert-OH is 5. The second-order valence-electron chi connectivity index (χ2n) is 13.4. The molecule has 2 bridgehead atoms. The van der Waals surface area contributed by atoms with Crippen LogP contribution in [0.3, 0.4) is 0 Å². The molecule has 39 heavy (non-hydrogen) atoms. The molecule has 1 spiro atoms. The predicted octanol–water partition coefficient (Wildman–Crippen LogP) is -0.263. The molecule has 1 aliphatic heterocycles. The molecule has 1 heterocycles. The van der Waals surface area contributed by atoms with Gasteiger partial charge in [0, 0.05) is 5.41 Å². The van der Waals surface area contributed by atoms with Crippen LogP contribution in [0.5, 0.6) is 0 Å². The van der Waals surface area contributed by atoms with Crippen LogP contribution in [-0.4, -0.2) is 106 Å². The van der Waals surface area contributed by atoms with Crippen LogP contribution in [0, 0.1) is 34.0 Å². The van der Waals surface area contributed by atoms with Crippen molar-refractivity contribution < 1.29 is 57.3 Å². The normalized spacial score (nSPS) is 53.7.